The van der Waals surface area contributed by atoms with Crippen molar-refractivity contribution in [1.29, 1.82) is 0 Å². The van der Waals surface area contributed by atoms with Gasteiger partial charge >= 0.3 is 0 Å². The zero-order chi connectivity index (χ0) is 19.9. The molecule has 0 saturated carbocycles. The molecule has 3 nitrogen and oxygen atoms in total. The predicted octanol–water partition coefficient (Wildman–Crippen LogP) is 6.53. The summed E-state index contributed by atoms with van der Waals surface area (Å²) in [5.74, 6) is 0.541. The Hall–Kier alpha value is -2.75. The number of rotatable bonds is 6. The second-order valence-electron chi connectivity index (χ2n) is 6.23. The summed E-state index contributed by atoms with van der Waals surface area (Å²) in [7, 11) is 0. The Morgan fingerprint density at radius 3 is 2.50 bits per heavy atom. The van der Waals surface area contributed by atoms with E-state index in [-0.39, 0.29) is 5.91 Å². The summed E-state index contributed by atoms with van der Waals surface area (Å²) in [6.07, 6.45) is 3.27. The zero-order valence-corrected chi connectivity index (χ0v) is 16.8. The Kier molecular flexibility index (Phi) is 6.75. The third-order valence-electron chi connectivity index (χ3n) is 4.12. The van der Waals surface area contributed by atoms with E-state index in [4.69, 9.17) is 27.9 Å². The number of nitrogens with one attached hydrogen (secondary N) is 1. The number of hydrogen-bond donors (Lipinski definition) is 1. The van der Waals surface area contributed by atoms with Gasteiger partial charge in [0.25, 0.3) is 0 Å². The number of hydrogen-bond acceptors (Lipinski definition) is 2. The van der Waals surface area contributed by atoms with Crippen molar-refractivity contribution in [1.82, 2.24) is 0 Å². The molecule has 3 aromatic carbocycles. The minimum absolute atomic E-state index is 0.174. The summed E-state index contributed by atoms with van der Waals surface area (Å²) < 4.78 is 5.75. The van der Waals surface area contributed by atoms with Gasteiger partial charge in [-0.1, -0.05) is 59.6 Å². The van der Waals surface area contributed by atoms with Crippen LogP contribution in [0.3, 0.4) is 0 Å². The molecule has 0 unspecified atom stereocenters. The largest absolute Gasteiger partial charge is 0.489 e. The molecule has 0 heterocycles. The lowest BCUT2D eigenvalue weighted by Crippen LogP contribution is -2.08. The molecule has 3 rings (SSSR count). The van der Waals surface area contributed by atoms with Crippen molar-refractivity contribution >= 4 is 40.9 Å². The van der Waals surface area contributed by atoms with E-state index < -0.39 is 0 Å². The van der Waals surface area contributed by atoms with E-state index in [0.29, 0.717) is 22.4 Å². The molecule has 0 spiro atoms. The van der Waals surface area contributed by atoms with E-state index in [1.54, 1.807) is 18.2 Å². The molecule has 0 aromatic heterocycles. The molecule has 3 aromatic rings. The van der Waals surface area contributed by atoms with Crippen LogP contribution in [0.4, 0.5) is 5.69 Å². The van der Waals surface area contributed by atoms with Crippen molar-refractivity contribution in [3.63, 3.8) is 0 Å². The molecule has 0 aliphatic heterocycles. The van der Waals surface area contributed by atoms with E-state index in [2.05, 4.69) is 5.32 Å². The maximum atomic E-state index is 12.1. The number of ether oxygens (including phenoxy) is 1. The molecule has 1 N–H and O–H groups in total. The smallest absolute Gasteiger partial charge is 0.248 e. The van der Waals surface area contributed by atoms with Crippen molar-refractivity contribution in [2.45, 2.75) is 13.5 Å². The van der Waals surface area contributed by atoms with Crippen LogP contribution in [0.1, 0.15) is 16.7 Å². The van der Waals surface area contributed by atoms with Crippen molar-refractivity contribution in [3.8, 4) is 5.75 Å². The first kappa shape index (κ1) is 20.0. The summed E-state index contributed by atoms with van der Waals surface area (Å²) in [6.45, 7) is 2.30. The highest BCUT2D eigenvalue weighted by Gasteiger charge is 2.03. The number of amides is 1. The lowest BCUT2D eigenvalue weighted by molar-refractivity contribution is -0.111. The van der Waals surface area contributed by atoms with E-state index in [1.165, 1.54) is 6.08 Å². The van der Waals surface area contributed by atoms with Gasteiger partial charge in [0.05, 0.1) is 0 Å². The highest BCUT2D eigenvalue weighted by Crippen LogP contribution is 2.23. The first-order chi connectivity index (χ1) is 13.5. The fraction of sp³-hybridized carbons (Fsp3) is 0.0870. The van der Waals surface area contributed by atoms with Crippen LogP contribution in [0.2, 0.25) is 10.0 Å². The number of anilines is 1. The average Bonchev–Trinajstić information content (AvgIpc) is 2.68. The fourth-order valence-corrected chi connectivity index (χ4v) is 3.00. The van der Waals surface area contributed by atoms with Crippen LogP contribution >= 0.6 is 23.2 Å². The van der Waals surface area contributed by atoms with Gasteiger partial charge in [-0.2, -0.15) is 0 Å². The Morgan fingerprint density at radius 1 is 1.04 bits per heavy atom. The molecule has 0 atom stereocenters. The number of aryl methyl sites for hydroxylation is 1. The molecule has 1 amide bonds. The number of halogens is 2. The maximum Gasteiger partial charge on any atom is 0.248 e. The molecule has 0 aliphatic carbocycles. The molecular formula is C23H19Cl2NO2. The topological polar surface area (TPSA) is 38.3 Å². The Morgan fingerprint density at radius 2 is 1.79 bits per heavy atom. The first-order valence-corrected chi connectivity index (χ1v) is 9.48. The highest BCUT2D eigenvalue weighted by molar-refractivity contribution is 6.35. The Labute approximate surface area is 174 Å². The van der Waals surface area contributed by atoms with E-state index >= 15 is 0 Å². The molecule has 0 bridgehead atoms. The van der Waals surface area contributed by atoms with Crippen molar-refractivity contribution in [2.75, 3.05) is 5.32 Å². The van der Waals surface area contributed by atoms with Crippen LogP contribution in [0.15, 0.2) is 72.8 Å². The molecule has 28 heavy (non-hydrogen) atoms. The van der Waals surface area contributed by atoms with Gasteiger partial charge in [0.2, 0.25) is 5.91 Å². The van der Waals surface area contributed by atoms with Crippen LogP contribution in [0.5, 0.6) is 5.75 Å². The molecule has 142 valence electrons. The first-order valence-electron chi connectivity index (χ1n) is 8.73. The SMILES string of the molecule is Cc1ccccc1NC(=O)C=Cc1ccc(OCc2ccc(Cl)cc2Cl)cc1. The molecule has 5 heteroatoms. The standard InChI is InChI=1S/C23H19Cl2NO2/c1-16-4-2-3-5-22(16)26-23(27)13-8-17-6-11-20(12-7-17)28-15-18-9-10-19(24)14-21(18)25/h2-14H,15H2,1H3,(H,26,27). The van der Waals surface area contributed by atoms with Gasteiger partial charge < -0.3 is 10.1 Å². The number of para-hydroxylation sites is 1. The highest BCUT2D eigenvalue weighted by atomic mass is 35.5. The molecule has 0 aliphatic rings. The van der Waals surface area contributed by atoms with E-state index in [1.807, 2.05) is 61.5 Å². The van der Waals surface area contributed by atoms with Gasteiger partial charge in [0.1, 0.15) is 12.4 Å². The minimum atomic E-state index is -0.174. The predicted molar refractivity (Wildman–Crippen MR) is 116 cm³/mol. The van der Waals surface area contributed by atoms with Crippen molar-refractivity contribution < 1.29 is 9.53 Å². The molecule has 0 fully saturated rings. The second kappa shape index (κ2) is 9.45. The second-order valence-corrected chi connectivity index (χ2v) is 7.07. The van der Waals surface area contributed by atoms with E-state index in [9.17, 15) is 4.79 Å². The van der Waals surface area contributed by atoms with Crippen molar-refractivity contribution in [3.05, 3.63) is 99.5 Å². The van der Waals surface area contributed by atoms with Gasteiger partial charge in [-0.3, -0.25) is 4.79 Å². The summed E-state index contributed by atoms with van der Waals surface area (Å²) >= 11 is 12.0. The fourth-order valence-electron chi connectivity index (χ4n) is 2.53. The van der Waals surface area contributed by atoms with Crippen LogP contribution in [0, 0.1) is 6.92 Å². The summed E-state index contributed by atoms with van der Waals surface area (Å²) in [5.41, 5.74) is 3.59. The van der Waals surface area contributed by atoms with Crippen molar-refractivity contribution in [2.24, 2.45) is 0 Å². The lowest BCUT2D eigenvalue weighted by atomic mass is 10.2. The van der Waals surface area contributed by atoms with Gasteiger partial charge in [-0.15, -0.1) is 0 Å². The molecule has 0 saturated heterocycles. The average molecular weight is 412 g/mol. The van der Waals surface area contributed by atoms with Gasteiger partial charge in [-0.05, 0) is 54.5 Å². The lowest BCUT2D eigenvalue weighted by Gasteiger charge is -2.08. The number of benzene rings is 3. The minimum Gasteiger partial charge on any atom is -0.489 e. The quantitative estimate of drug-likeness (QED) is 0.468. The summed E-state index contributed by atoms with van der Waals surface area (Å²) in [4.78, 5) is 12.1. The van der Waals surface area contributed by atoms with Gasteiger partial charge in [0, 0.05) is 27.4 Å². The zero-order valence-electron chi connectivity index (χ0n) is 15.3. The monoisotopic (exact) mass is 411 g/mol. The van der Waals surface area contributed by atoms with Crippen LogP contribution in [0.25, 0.3) is 6.08 Å². The Bertz CT molecular complexity index is 998. The number of carbonyl (C=O) groups excluding carboxylic acids is 1. The van der Waals surface area contributed by atoms with Gasteiger partial charge in [-0.25, -0.2) is 0 Å². The van der Waals surface area contributed by atoms with Gasteiger partial charge in [0.15, 0.2) is 0 Å². The maximum absolute atomic E-state index is 12.1. The van der Waals surface area contributed by atoms with Crippen LogP contribution in [-0.2, 0) is 11.4 Å². The Balaban J connectivity index is 1.55. The van der Waals surface area contributed by atoms with E-state index in [0.717, 1.165) is 22.4 Å². The normalized spacial score (nSPS) is 10.8. The third kappa shape index (κ3) is 5.62. The van der Waals surface area contributed by atoms with Crippen LogP contribution < -0.4 is 10.1 Å². The number of carbonyl (C=O) groups is 1. The van der Waals surface area contributed by atoms with Crippen LogP contribution in [-0.4, -0.2) is 5.91 Å². The third-order valence-corrected chi connectivity index (χ3v) is 4.71. The summed E-state index contributed by atoms with van der Waals surface area (Å²) in [5, 5.41) is 4.04. The molecule has 0 radical (unpaired) electrons. The summed E-state index contributed by atoms with van der Waals surface area (Å²) in [6, 6.07) is 20.4. The molecular weight excluding hydrogens is 393 g/mol.